The number of para-hydroxylation sites is 1. The second-order valence-corrected chi connectivity index (χ2v) is 7.53. The number of benzene rings is 1. The number of nitrogens with zero attached hydrogens (tertiary/aromatic N) is 1. The number of nitrogens with one attached hydrogen (secondary N) is 3. The lowest BCUT2D eigenvalue weighted by atomic mass is 10.0. The predicted molar refractivity (Wildman–Crippen MR) is 118 cm³/mol. The summed E-state index contributed by atoms with van der Waals surface area (Å²) in [4.78, 5) is 40.2. The Bertz CT molecular complexity index is 992. The molecule has 1 amide bonds. The molecule has 0 saturated heterocycles. The van der Waals surface area contributed by atoms with E-state index in [4.69, 9.17) is 20.1 Å². The smallest absolute Gasteiger partial charge is 0.328 e. The third-order valence-electron chi connectivity index (χ3n) is 4.70. The molecule has 1 heterocycles. The van der Waals surface area contributed by atoms with Crippen molar-refractivity contribution in [2.24, 2.45) is 0 Å². The van der Waals surface area contributed by atoms with E-state index in [1.165, 1.54) is 0 Å². The summed E-state index contributed by atoms with van der Waals surface area (Å²) in [7, 11) is 0. The van der Waals surface area contributed by atoms with Gasteiger partial charge in [-0.25, -0.2) is 4.79 Å². The van der Waals surface area contributed by atoms with Gasteiger partial charge in [0.05, 0.1) is 31.4 Å². The molecular weight excluding hydrogens is 412 g/mol. The summed E-state index contributed by atoms with van der Waals surface area (Å²) in [5, 5.41) is 19.4. The number of fused-ring (bicyclic) bond motifs is 1. The molecule has 170 valence electrons. The van der Waals surface area contributed by atoms with Crippen LogP contribution in [0.4, 0.5) is 0 Å². The third-order valence-corrected chi connectivity index (χ3v) is 4.70. The molecule has 9 heteroatoms. The van der Waals surface area contributed by atoms with Crippen molar-refractivity contribution < 1.29 is 23.9 Å². The highest BCUT2D eigenvalue weighted by Gasteiger charge is 2.28. The molecule has 2 atom stereocenters. The highest BCUT2D eigenvalue weighted by Crippen LogP contribution is 2.20. The summed E-state index contributed by atoms with van der Waals surface area (Å²) in [6.07, 6.45) is 1.40. The lowest BCUT2D eigenvalue weighted by molar-refractivity contribution is -0.153. The maximum Gasteiger partial charge on any atom is 0.328 e. The van der Waals surface area contributed by atoms with Crippen LogP contribution in [0.2, 0.25) is 0 Å². The summed E-state index contributed by atoms with van der Waals surface area (Å²) >= 11 is 0. The lowest BCUT2D eigenvalue weighted by Gasteiger charge is -2.22. The second-order valence-electron chi connectivity index (χ2n) is 7.53. The van der Waals surface area contributed by atoms with Crippen molar-refractivity contribution >= 4 is 34.8 Å². The zero-order chi connectivity index (χ0) is 23.5. The van der Waals surface area contributed by atoms with Gasteiger partial charge in [0.1, 0.15) is 12.1 Å². The van der Waals surface area contributed by atoms with Crippen molar-refractivity contribution in [1.82, 2.24) is 10.3 Å². The number of ether oxygens (including phenoxy) is 2. The van der Waals surface area contributed by atoms with Crippen LogP contribution >= 0.6 is 0 Å². The Morgan fingerprint density at radius 1 is 1.28 bits per heavy atom. The van der Waals surface area contributed by atoms with Crippen LogP contribution < -0.4 is 5.32 Å². The SMILES string of the molecule is CC(C)OC(=O)[C@H](CCC(=O)C=N)NC(=O)[C@H](Cc1c[nH]c2ccccc12)OCCC#N. The number of hydrogen-bond donors (Lipinski definition) is 3. The minimum absolute atomic E-state index is 0.00348. The number of aromatic nitrogens is 1. The first-order valence-corrected chi connectivity index (χ1v) is 10.4. The number of amides is 1. The number of Topliss-reactive ketones (excluding diaryl/α,β-unsaturated/α-hetero) is 1. The molecule has 0 aliphatic heterocycles. The van der Waals surface area contributed by atoms with Gasteiger partial charge in [-0.05, 0) is 31.9 Å². The van der Waals surface area contributed by atoms with Crippen LogP contribution in [0.15, 0.2) is 30.5 Å². The molecule has 0 radical (unpaired) electrons. The van der Waals surface area contributed by atoms with E-state index in [0.29, 0.717) is 6.21 Å². The van der Waals surface area contributed by atoms with Crippen LogP contribution in [-0.4, -0.2) is 53.7 Å². The van der Waals surface area contributed by atoms with Crippen molar-refractivity contribution in [1.29, 1.82) is 10.7 Å². The fraction of sp³-hybridized carbons (Fsp3) is 0.435. The number of rotatable bonds is 13. The first-order chi connectivity index (χ1) is 15.3. The summed E-state index contributed by atoms with van der Waals surface area (Å²) in [6.45, 7) is 3.43. The Kier molecular flexibility index (Phi) is 9.57. The molecule has 3 N–H and O–H groups in total. The minimum Gasteiger partial charge on any atom is -0.461 e. The highest BCUT2D eigenvalue weighted by atomic mass is 16.5. The molecule has 9 nitrogen and oxygen atoms in total. The Morgan fingerprint density at radius 2 is 2.03 bits per heavy atom. The molecule has 2 aromatic rings. The van der Waals surface area contributed by atoms with Crippen LogP contribution in [0.3, 0.4) is 0 Å². The summed E-state index contributed by atoms with van der Waals surface area (Å²) in [5.41, 5.74) is 1.78. The van der Waals surface area contributed by atoms with E-state index in [9.17, 15) is 14.4 Å². The van der Waals surface area contributed by atoms with Gasteiger partial charge in [0.15, 0.2) is 5.78 Å². The molecule has 1 aromatic carbocycles. The van der Waals surface area contributed by atoms with Crippen LogP contribution in [0.1, 0.15) is 38.7 Å². The molecule has 0 unspecified atom stereocenters. The van der Waals surface area contributed by atoms with Crippen molar-refractivity contribution in [2.75, 3.05) is 6.61 Å². The van der Waals surface area contributed by atoms with Gasteiger partial charge in [-0.15, -0.1) is 0 Å². The average Bonchev–Trinajstić information content (AvgIpc) is 3.18. The van der Waals surface area contributed by atoms with Gasteiger partial charge in [-0.3, -0.25) is 9.59 Å². The normalized spacial score (nSPS) is 12.7. The minimum atomic E-state index is -1.06. The number of carbonyl (C=O) groups excluding carboxylic acids is 3. The Balaban J connectivity index is 2.18. The standard InChI is InChI=1S/C23H28N4O5/c1-15(2)32-23(30)20(9-8-17(28)13-25)27-22(29)21(31-11-5-10-24)12-16-14-26-19-7-4-3-6-18(16)19/h3-4,6-7,13-15,20-21,25-26H,5,8-9,11-12H2,1-2H3,(H,27,29)/t20-,21-/m0/s1. The molecular formula is C23H28N4O5. The van der Waals surface area contributed by atoms with Gasteiger partial charge < -0.3 is 25.2 Å². The van der Waals surface area contributed by atoms with Crippen LogP contribution in [-0.2, 0) is 30.3 Å². The summed E-state index contributed by atoms with van der Waals surface area (Å²) in [5.74, 6) is -1.66. The Morgan fingerprint density at radius 3 is 2.72 bits per heavy atom. The monoisotopic (exact) mass is 440 g/mol. The van der Waals surface area contributed by atoms with Crippen LogP contribution in [0.25, 0.3) is 10.9 Å². The first kappa shape index (κ1) is 24.8. The zero-order valence-electron chi connectivity index (χ0n) is 18.2. The van der Waals surface area contributed by atoms with Gasteiger partial charge in [0.2, 0.25) is 5.91 Å². The highest BCUT2D eigenvalue weighted by molar-refractivity contribution is 6.26. The second kappa shape index (κ2) is 12.4. The van der Waals surface area contributed by atoms with E-state index >= 15 is 0 Å². The average molecular weight is 441 g/mol. The molecule has 32 heavy (non-hydrogen) atoms. The Hall–Kier alpha value is -3.51. The number of esters is 1. The van der Waals surface area contributed by atoms with Crippen molar-refractivity contribution in [3.05, 3.63) is 36.0 Å². The number of aromatic amines is 1. The third kappa shape index (κ3) is 7.32. The van der Waals surface area contributed by atoms with E-state index in [2.05, 4.69) is 10.3 Å². The molecule has 0 aliphatic rings. The van der Waals surface area contributed by atoms with Crippen molar-refractivity contribution in [3.63, 3.8) is 0 Å². The number of hydrogen-bond acceptors (Lipinski definition) is 7. The molecule has 0 saturated carbocycles. The van der Waals surface area contributed by atoms with E-state index in [1.807, 2.05) is 30.3 Å². The fourth-order valence-corrected chi connectivity index (χ4v) is 3.16. The summed E-state index contributed by atoms with van der Waals surface area (Å²) in [6, 6.07) is 8.56. The van der Waals surface area contributed by atoms with Crippen LogP contribution in [0.5, 0.6) is 0 Å². The topological polar surface area (TPSA) is 145 Å². The largest absolute Gasteiger partial charge is 0.461 e. The van der Waals surface area contributed by atoms with E-state index in [1.54, 1.807) is 20.0 Å². The molecule has 2 rings (SSSR count). The molecule has 0 aliphatic carbocycles. The summed E-state index contributed by atoms with van der Waals surface area (Å²) < 4.78 is 10.9. The van der Waals surface area contributed by atoms with Gasteiger partial charge >= 0.3 is 5.97 Å². The quantitative estimate of drug-likeness (QED) is 0.248. The zero-order valence-corrected chi connectivity index (χ0v) is 18.2. The fourth-order valence-electron chi connectivity index (χ4n) is 3.16. The van der Waals surface area contributed by atoms with E-state index in [0.717, 1.165) is 16.5 Å². The lowest BCUT2D eigenvalue weighted by Crippen LogP contribution is -2.48. The van der Waals surface area contributed by atoms with E-state index in [-0.39, 0.29) is 32.3 Å². The maximum absolute atomic E-state index is 13.0. The Labute approximate surface area is 186 Å². The van der Waals surface area contributed by atoms with Gasteiger partial charge in [-0.1, -0.05) is 18.2 Å². The molecule has 0 spiro atoms. The number of nitriles is 1. The molecule has 0 fully saturated rings. The number of carbonyl (C=O) groups is 3. The molecule has 1 aromatic heterocycles. The van der Waals surface area contributed by atoms with Gasteiger partial charge in [-0.2, -0.15) is 5.26 Å². The number of ketones is 1. The first-order valence-electron chi connectivity index (χ1n) is 10.4. The van der Waals surface area contributed by atoms with Gasteiger partial charge in [0, 0.05) is 29.9 Å². The van der Waals surface area contributed by atoms with Crippen molar-refractivity contribution in [3.8, 4) is 6.07 Å². The van der Waals surface area contributed by atoms with Crippen molar-refractivity contribution in [2.45, 2.75) is 57.8 Å². The van der Waals surface area contributed by atoms with E-state index < -0.39 is 35.9 Å². The van der Waals surface area contributed by atoms with Gasteiger partial charge in [0.25, 0.3) is 0 Å². The van der Waals surface area contributed by atoms with Crippen LogP contribution in [0, 0.1) is 16.7 Å². The maximum atomic E-state index is 13.0. The number of H-pyrrole nitrogens is 1. The predicted octanol–water partition coefficient (Wildman–Crippen LogP) is 2.44. The molecule has 0 bridgehead atoms.